The van der Waals surface area contributed by atoms with Crippen molar-refractivity contribution in [1.29, 1.82) is 0 Å². The van der Waals surface area contributed by atoms with Gasteiger partial charge < -0.3 is 5.11 Å². The maximum Gasteiger partial charge on any atom is 0.318 e. The molecule has 0 aliphatic rings. The maximum atomic E-state index is 12.5. The van der Waals surface area contributed by atoms with Crippen LogP contribution in [0.5, 0.6) is 0 Å². The van der Waals surface area contributed by atoms with Gasteiger partial charge in [0.05, 0.1) is 4.90 Å². The van der Waals surface area contributed by atoms with Crippen LogP contribution in [0.2, 0.25) is 0 Å². The first-order valence-corrected chi connectivity index (χ1v) is 7.90. The van der Waals surface area contributed by atoms with Gasteiger partial charge in [-0.05, 0) is 48.3 Å². The van der Waals surface area contributed by atoms with E-state index in [0.29, 0.717) is 4.47 Å². The zero-order chi connectivity index (χ0) is 14.8. The summed E-state index contributed by atoms with van der Waals surface area (Å²) in [5, 5.41) is 8.85. The van der Waals surface area contributed by atoms with E-state index in [1.807, 2.05) is 0 Å². The minimum absolute atomic E-state index is 0.0856. The first kappa shape index (κ1) is 16.1. The molecule has 0 amide bonds. The highest BCUT2D eigenvalue weighted by Gasteiger charge is 2.30. The van der Waals surface area contributed by atoms with Gasteiger partial charge in [-0.3, -0.25) is 4.79 Å². The van der Waals surface area contributed by atoms with Crippen molar-refractivity contribution in [3.05, 3.63) is 28.2 Å². The molecule has 0 aliphatic heterocycles. The Bertz CT molecular complexity index is 583. The second-order valence-electron chi connectivity index (χ2n) is 4.42. The topological polar surface area (TPSA) is 74.7 Å². The van der Waals surface area contributed by atoms with Gasteiger partial charge in [-0.15, -0.1) is 0 Å². The molecule has 1 aromatic carbocycles. The Balaban J connectivity index is 3.35. The summed E-state index contributed by atoms with van der Waals surface area (Å²) in [6, 6.07) is 4.43. The van der Waals surface area contributed by atoms with Crippen molar-refractivity contribution in [3.8, 4) is 0 Å². The van der Waals surface area contributed by atoms with Gasteiger partial charge in [-0.2, -0.15) is 4.31 Å². The maximum absolute atomic E-state index is 12.5. The summed E-state index contributed by atoms with van der Waals surface area (Å²) in [6.07, 6.45) is 0. The van der Waals surface area contributed by atoms with E-state index in [0.717, 1.165) is 9.87 Å². The van der Waals surface area contributed by atoms with Gasteiger partial charge in [0, 0.05) is 10.5 Å². The predicted molar refractivity (Wildman–Crippen MR) is 75.5 cm³/mol. The third kappa shape index (κ3) is 3.55. The lowest BCUT2D eigenvalue weighted by molar-refractivity contribution is -0.137. The number of carbonyl (C=O) groups is 1. The minimum atomic E-state index is -3.84. The second-order valence-corrected chi connectivity index (χ2v) is 7.08. The molecule has 5 nitrogen and oxygen atoms in total. The van der Waals surface area contributed by atoms with Crippen LogP contribution in [0.15, 0.2) is 27.6 Å². The standard InChI is InChI=1S/C12H16BrNO4S/c1-8(2)14(7-11(15)16)19(17,18)10-6-4-5-9(3)12(10)13/h4-6,8H,7H2,1-3H3,(H,15,16). The third-order valence-electron chi connectivity index (χ3n) is 2.61. The highest BCUT2D eigenvalue weighted by Crippen LogP contribution is 2.28. The number of aliphatic carboxylic acids is 1. The van der Waals surface area contributed by atoms with Crippen molar-refractivity contribution < 1.29 is 18.3 Å². The average Bonchev–Trinajstić information content (AvgIpc) is 2.28. The van der Waals surface area contributed by atoms with Crippen molar-refractivity contribution in [2.75, 3.05) is 6.54 Å². The van der Waals surface area contributed by atoms with Crippen molar-refractivity contribution in [3.63, 3.8) is 0 Å². The highest BCUT2D eigenvalue weighted by molar-refractivity contribution is 9.10. The average molecular weight is 350 g/mol. The van der Waals surface area contributed by atoms with Crippen LogP contribution in [-0.4, -0.2) is 36.4 Å². The molecule has 0 aromatic heterocycles. The number of carboxylic acids is 1. The fraction of sp³-hybridized carbons (Fsp3) is 0.417. The van der Waals surface area contributed by atoms with E-state index in [1.165, 1.54) is 6.07 Å². The number of aryl methyl sites for hydroxylation is 1. The Kier molecular flexibility index (Phi) is 5.11. The van der Waals surface area contributed by atoms with Crippen molar-refractivity contribution in [2.45, 2.75) is 31.7 Å². The summed E-state index contributed by atoms with van der Waals surface area (Å²) in [6.45, 7) is 4.51. The van der Waals surface area contributed by atoms with E-state index in [1.54, 1.807) is 32.9 Å². The SMILES string of the molecule is Cc1cccc(S(=O)(=O)N(CC(=O)O)C(C)C)c1Br. The summed E-state index contributed by atoms with van der Waals surface area (Å²) in [5.41, 5.74) is 0.778. The molecular weight excluding hydrogens is 334 g/mol. The Morgan fingerprint density at radius 1 is 1.42 bits per heavy atom. The van der Waals surface area contributed by atoms with Crippen LogP contribution >= 0.6 is 15.9 Å². The molecule has 0 fully saturated rings. The van der Waals surface area contributed by atoms with E-state index < -0.39 is 28.6 Å². The number of hydrogen-bond acceptors (Lipinski definition) is 3. The number of carboxylic acid groups (broad SMARTS) is 1. The molecule has 0 radical (unpaired) electrons. The predicted octanol–water partition coefficient (Wildman–Crippen LogP) is 2.24. The van der Waals surface area contributed by atoms with Crippen LogP contribution < -0.4 is 0 Å². The summed E-state index contributed by atoms with van der Waals surface area (Å²) in [5.74, 6) is -1.18. The number of benzene rings is 1. The van der Waals surface area contributed by atoms with Gasteiger partial charge >= 0.3 is 5.97 Å². The molecule has 0 heterocycles. The molecule has 0 saturated heterocycles. The molecule has 106 valence electrons. The van der Waals surface area contributed by atoms with Gasteiger partial charge in [-0.1, -0.05) is 12.1 Å². The molecule has 0 unspecified atom stereocenters. The summed E-state index contributed by atoms with van der Waals surface area (Å²) in [4.78, 5) is 10.9. The quantitative estimate of drug-likeness (QED) is 0.884. The van der Waals surface area contributed by atoms with Gasteiger partial charge in [-0.25, -0.2) is 8.42 Å². The summed E-state index contributed by atoms with van der Waals surface area (Å²) < 4.78 is 26.5. The van der Waals surface area contributed by atoms with Crippen LogP contribution in [0.3, 0.4) is 0 Å². The van der Waals surface area contributed by atoms with Crippen LogP contribution in [0.25, 0.3) is 0 Å². The van der Waals surface area contributed by atoms with E-state index >= 15 is 0 Å². The van der Waals surface area contributed by atoms with Gasteiger partial charge in [0.1, 0.15) is 6.54 Å². The Morgan fingerprint density at radius 2 is 2.00 bits per heavy atom. The number of sulfonamides is 1. The molecule has 0 bridgehead atoms. The third-order valence-corrected chi connectivity index (χ3v) is 5.99. The molecule has 1 N–H and O–H groups in total. The minimum Gasteiger partial charge on any atom is -0.480 e. The van der Waals surface area contributed by atoms with E-state index in [2.05, 4.69) is 15.9 Å². The van der Waals surface area contributed by atoms with E-state index in [-0.39, 0.29) is 4.90 Å². The smallest absolute Gasteiger partial charge is 0.318 e. The molecule has 1 aromatic rings. The lowest BCUT2D eigenvalue weighted by Gasteiger charge is -2.24. The molecule has 7 heteroatoms. The van der Waals surface area contributed by atoms with E-state index in [9.17, 15) is 13.2 Å². The lowest BCUT2D eigenvalue weighted by atomic mass is 10.2. The molecule has 0 spiro atoms. The van der Waals surface area contributed by atoms with Crippen molar-refractivity contribution in [2.24, 2.45) is 0 Å². The second kappa shape index (κ2) is 6.02. The zero-order valence-electron chi connectivity index (χ0n) is 10.9. The molecule has 0 saturated carbocycles. The molecule has 0 atom stereocenters. The van der Waals surface area contributed by atoms with E-state index in [4.69, 9.17) is 5.11 Å². The number of halogens is 1. The fourth-order valence-corrected chi connectivity index (χ4v) is 4.23. The Morgan fingerprint density at radius 3 is 2.47 bits per heavy atom. The fourth-order valence-electron chi connectivity index (χ4n) is 1.62. The molecule has 1 rings (SSSR count). The van der Waals surface area contributed by atoms with Crippen molar-refractivity contribution >= 4 is 31.9 Å². The van der Waals surface area contributed by atoms with Crippen LogP contribution in [0, 0.1) is 6.92 Å². The number of rotatable bonds is 5. The molecule has 19 heavy (non-hydrogen) atoms. The van der Waals surface area contributed by atoms with Crippen molar-refractivity contribution in [1.82, 2.24) is 4.31 Å². The summed E-state index contributed by atoms with van der Waals surface area (Å²) in [7, 11) is -3.84. The molecular formula is C12H16BrNO4S. The Labute approximate surface area is 121 Å². The largest absolute Gasteiger partial charge is 0.480 e. The summed E-state index contributed by atoms with van der Waals surface area (Å²) >= 11 is 3.25. The van der Waals surface area contributed by atoms with Crippen LogP contribution in [0.1, 0.15) is 19.4 Å². The van der Waals surface area contributed by atoms with Gasteiger partial charge in [0.15, 0.2) is 0 Å². The normalized spacial score (nSPS) is 12.1. The number of hydrogen-bond donors (Lipinski definition) is 1. The Hall–Kier alpha value is -0.920. The first-order valence-electron chi connectivity index (χ1n) is 5.66. The van der Waals surface area contributed by atoms with Gasteiger partial charge in [0.2, 0.25) is 10.0 Å². The lowest BCUT2D eigenvalue weighted by Crippen LogP contribution is -2.40. The molecule has 0 aliphatic carbocycles. The first-order chi connectivity index (χ1) is 8.67. The highest BCUT2D eigenvalue weighted by atomic mass is 79.9. The zero-order valence-corrected chi connectivity index (χ0v) is 13.3. The van der Waals surface area contributed by atoms with Gasteiger partial charge in [0.25, 0.3) is 0 Å². The number of nitrogens with zero attached hydrogens (tertiary/aromatic N) is 1. The van der Waals surface area contributed by atoms with Crippen LogP contribution in [-0.2, 0) is 14.8 Å². The van der Waals surface area contributed by atoms with Crippen LogP contribution in [0.4, 0.5) is 0 Å². The monoisotopic (exact) mass is 349 g/mol.